The van der Waals surface area contributed by atoms with Gasteiger partial charge in [-0.1, -0.05) is 0 Å². The third kappa shape index (κ3) is 4.61. The molecule has 1 aliphatic rings. The molecule has 8 heteroatoms. The maximum absolute atomic E-state index is 12.1. The molecule has 0 saturated heterocycles. The van der Waals surface area contributed by atoms with Crippen molar-refractivity contribution in [2.24, 2.45) is 10.8 Å². The molecule has 8 nitrogen and oxygen atoms in total. The monoisotopic (exact) mass is 331 g/mol. The van der Waals surface area contributed by atoms with Crippen molar-refractivity contribution in [1.29, 1.82) is 0 Å². The van der Waals surface area contributed by atoms with Gasteiger partial charge in [0.1, 0.15) is 5.69 Å². The minimum atomic E-state index is -0.110. The summed E-state index contributed by atoms with van der Waals surface area (Å²) in [5.41, 5.74) is 6.37. The van der Waals surface area contributed by atoms with Crippen LogP contribution in [0.2, 0.25) is 0 Å². The Morgan fingerprint density at radius 2 is 2.25 bits per heavy atom. The van der Waals surface area contributed by atoms with Crippen LogP contribution in [0, 0.1) is 0 Å². The first-order valence-electron chi connectivity index (χ1n) is 8.05. The number of anilines is 1. The van der Waals surface area contributed by atoms with Crippen molar-refractivity contribution in [3.63, 3.8) is 0 Å². The largest absolute Gasteiger partial charge is 0.403 e. The second kappa shape index (κ2) is 8.76. The van der Waals surface area contributed by atoms with Crippen LogP contribution in [0.15, 0.2) is 36.0 Å². The van der Waals surface area contributed by atoms with Crippen LogP contribution < -0.4 is 16.4 Å². The van der Waals surface area contributed by atoms with Crippen molar-refractivity contribution in [2.75, 3.05) is 25.5 Å². The molecular weight excluding hydrogens is 306 g/mol. The van der Waals surface area contributed by atoms with Crippen LogP contribution >= 0.6 is 0 Å². The summed E-state index contributed by atoms with van der Waals surface area (Å²) in [4.78, 5) is 12.1. The van der Waals surface area contributed by atoms with Gasteiger partial charge in [0.2, 0.25) is 0 Å². The number of nitrogens with two attached hydrogens (primary N) is 1. The van der Waals surface area contributed by atoms with E-state index in [1.807, 2.05) is 24.3 Å². The van der Waals surface area contributed by atoms with Crippen molar-refractivity contribution in [3.8, 4) is 0 Å². The zero-order valence-electron chi connectivity index (χ0n) is 14.2. The van der Waals surface area contributed by atoms with Crippen molar-refractivity contribution < 1.29 is 4.79 Å². The molecule has 24 heavy (non-hydrogen) atoms. The van der Waals surface area contributed by atoms with Gasteiger partial charge < -0.3 is 16.4 Å². The number of hydrogen-bond donors (Lipinski definition) is 3. The summed E-state index contributed by atoms with van der Waals surface area (Å²) in [5.74, 6) is 0.461. The number of hydrazone groups is 1. The van der Waals surface area contributed by atoms with Gasteiger partial charge >= 0.3 is 0 Å². The molecule has 2 heterocycles. The van der Waals surface area contributed by atoms with Crippen LogP contribution in [0.5, 0.6) is 0 Å². The molecule has 0 aromatic carbocycles. The second-order valence-electron chi connectivity index (χ2n) is 5.57. The fraction of sp³-hybridized carbons (Fsp3) is 0.438. The van der Waals surface area contributed by atoms with E-state index in [2.05, 4.69) is 20.8 Å². The number of allylic oxidation sites excluding steroid dienone is 1. The Morgan fingerprint density at radius 3 is 3.00 bits per heavy atom. The first-order valence-corrected chi connectivity index (χ1v) is 8.05. The lowest BCUT2D eigenvalue weighted by Gasteiger charge is -2.15. The maximum atomic E-state index is 12.1. The standard InChI is InChI=1S/C16H25N7O/c1-13(24)16-14(19-10-7-17)12-20-23(16)15-6-9-18-8-4-3-5-11-22(2)21-15/h6-7,9-10,12,18-19H,3-5,8,11,17H2,1-2H3/b9-6+,10-7-,21-15+. The average Bonchev–Trinajstić information content (AvgIpc) is 2.95. The molecule has 0 aliphatic carbocycles. The first-order chi connectivity index (χ1) is 11.6. The third-order valence-electron chi connectivity index (χ3n) is 3.58. The zero-order valence-corrected chi connectivity index (χ0v) is 14.2. The summed E-state index contributed by atoms with van der Waals surface area (Å²) in [6.45, 7) is 3.28. The van der Waals surface area contributed by atoms with Crippen LogP contribution in [-0.4, -0.2) is 46.5 Å². The van der Waals surface area contributed by atoms with Gasteiger partial charge in [-0.05, 0) is 19.3 Å². The predicted octanol–water partition coefficient (Wildman–Crippen LogP) is 1.31. The normalized spacial score (nSPS) is 19.9. The highest BCUT2D eigenvalue weighted by Crippen LogP contribution is 2.16. The maximum Gasteiger partial charge on any atom is 0.180 e. The van der Waals surface area contributed by atoms with E-state index in [4.69, 9.17) is 5.73 Å². The molecule has 0 radical (unpaired) electrons. The Hall–Kier alpha value is -2.77. The van der Waals surface area contributed by atoms with E-state index < -0.39 is 0 Å². The lowest BCUT2D eigenvalue weighted by Crippen LogP contribution is -2.23. The van der Waals surface area contributed by atoms with Crippen molar-refractivity contribution in [2.45, 2.75) is 26.2 Å². The topological polar surface area (TPSA) is 101 Å². The molecule has 0 spiro atoms. The Balaban J connectivity index is 2.40. The minimum absolute atomic E-state index is 0.110. The van der Waals surface area contributed by atoms with Crippen LogP contribution in [0.1, 0.15) is 36.7 Å². The van der Waals surface area contributed by atoms with Crippen molar-refractivity contribution in [3.05, 3.63) is 36.6 Å². The van der Waals surface area contributed by atoms with Crippen molar-refractivity contribution >= 4 is 17.3 Å². The number of nitrogens with zero attached hydrogens (tertiary/aromatic N) is 4. The number of Topliss-reactive ketones (excluding diaryl/α,β-unsaturated/α-hetero) is 1. The fourth-order valence-corrected chi connectivity index (χ4v) is 2.44. The highest BCUT2D eigenvalue weighted by Gasteiger charge is 2.18. The number of carbonyl (C=O) groups is 1. The number of ketones is 1. The Bertz CT molecular complexity index is 645. The molecule has 0 saturated carbocycles. The Morgan fingerprint density at radius 1 is 1.42 bits per heavy atom. The second-order valence-corrected chi connectivity index (χ2v) is 5.57. The summed E-state index contributed by atoms with van der Waals surface area (Å²) in [6, 6.07) is 0. The Labute approximate surface area is 142 Å². The van der Waals surface area contributed by atoms with Gasteiger partial charge in [-0.3, -0.25) is 9.80 Å². The van der Waals surface area contributed by atoms with Crippen LogP contribution in [-0.2, 0) is 0 Å². The van der Waals surface area contributed by atoms with E-state index in [0.29, 0.717) is 17.2 Å². The van der Waals surface area contributed by atoms with Crippen LogP contribution in [0.3, 0.4) is 0 Å². The highest BCUT2D eigenvalue weighted by atomic mass is 16.1. The number of hydrogen-bond acceptors (Lipinski definition) is 7. The van der Waals surface area contributed by atoms with Gasteiger partial charge in [0, 0.05) is 51.7 Å². The molecule has 0 atom stereocenters. The van der Waals surface area contributed by atoms with E-state index in [-0.39, 0.29) is 5.78 Å². The number of carbonyl (C=O) groups excluding carboxylic acids is 1. The molecule has 0 amide bonds. The number of nitrogens with one attached hydrogen (secondary N) is 2. The summed E-state index contributed by atoms with van der Waals surface area (Å²) < 4.78 is 1.54. The van der Waals surface area contributed by atoms with Gasteiger partial charge in [-0.2, -0.15) is 10.2 Å². The molecule has 130 valence electrons. The van der Waals surface area contributed by atoms with E-state index in [1.165, 1.54) is 13.1 Å². The van der Waals surface area contributed by atoms with E-state index in [0.717, 1.165) is 32.4 Å². The van der Waals surface area contributed by atoms with Gasteiger partial charge in [0.25, 0.3) is 0 Å². The SMILES string of the molecule is CC(=O)c1c(N/C=C\N)cnn1C1=N/N(C)CCCCCN\C=C\1. The van der Waals surface area contributed by atoms with Gasteiger partial charge in [0.15, 0.2) is 11.6 Å². The van der Waals surface area contributed by atoms with E-state index in [9.17, 15) is 4.79 Å². The average molecular weight is 331 g/mol. The molecule has 0 bridgehead atoms. The minimum Gasteiger partial charge on any atom is -0.403 e. The van der Waals surface area contributed by atoms with Gasteiger partial charge in [0.05, 0.1) is 11.9 Å². The highest BCUT2D eigenvalue weighted by molar-refractivity contribution is 6.04. The summed E-state index contributed by atoms with van der Waals surface area (Å²) >= 11 is 0. The van der Waals surface area contributed by atoms with E-state index >= 15 is 0 Å². The van der Waals surface area contributed by atoms with Crippen molar-refractivity contribution in [1.82, 2.24) is 20.1 Å². The summed E-state index contributed by atoms with van der Waals surface area (Å²) in [7, 11) is 1.92. The summed E-state index contributed by atoms with van der Waals surface area (Å²) in [5, 5.41) is 17.0. The molecule has 1 aromatic rings. The van der Waals surface area contributed by atoms with Gasteiger partial charge in [-0.15, -0.1) is 0 Å². The van der Waals surface area contributed by atoms with Crippen LogP contribution in [0.4, 0.5) is 5.69 Å². The molecule has 1 aromatic heterocycles. The Kier molecular flexibility index (Phi) is 6.41. The van der Waals surface area contributed by atoms with E-state index in [1.54, 1.807) is 17.1 Å². The zero-order chi connectivity index (χ0) is 17.4. The number of rotatable bonds is 3. The molecule has 0 fully saturated rings. The third-order valence-corrected chi connectivity index (χ3v) is 3.58. The summed E-state index contributed by atoms with van der Waals surface area (Å²) in [6.07, 6.45) is 11.5. The smallest absolute Gasteiger partial charge is 0.180 e. The predicted molar refractivity (Wildman–Crippen MR) is 95.6 cm³/mol. The molecule has 2 rings (SSSR count). The fourth-order valence-electron chi connectivity index (χ4n) is 2.44. The lowest BCUT2D eigenvalue weighted by atomic mass is 10.2. The molecular formula is C16H25N7O. The first kappa shape index (κ1) is 17.6. The quantitative estimate of drug-likeness (QED) is 0.722. The lowest BCUT2D eigenvalue weighted by molar-refractivity contribution is 0.101. The molecule has 4 N–H and O–H groups in total. The molecule has 1 aliphatic heterocycles. The van der Waals surface area contributed by atoms with Gasteiger partial charge in [-0.25, -0.2) is 4.68 Å². The van der Waals surface area contributed by atoms with Crippen LogP contribution in [0.25, 0.3) is 0 Å². The molecule has 0 unspecified atom stereocenters. The number of aromatic nitrogens is 2.